The third-order valence-electron chi connectivity index (χ3n) is 3.27. The summed E-state index contributed by atoms with van der Waals surface area (Å²) in [5, 5.41) is 6.97. The molecule has 0 fully saturated rings. The van der Waals surface area contributed by atoms with E-state index in [1.807, 2.05) is 30.3 Å². The van der Waals surface area contributed by atoms with Gasteiger partial charge in [0.05, 0.1) is 0 Å². The number of nitrogens with one attached hydrogen (secondary N) is 1. The van der Waals surface area contributed by atoms with Crippen molar-refractivity contribution in [2.75, 3.05) is 11.9 Å². The Kier molecular flexibility index (Phi) is 4.02. The summed E-state index contributed by atoms with van der Waals surface area (Å²) >= 11 is 0. The second-order valence-electron chi connectivity index (χ2n) is 4.81. The molecular formula is C14H18N4O2. The summed E-state index contributed by atoms with van der Waals surface area (Å²) in [5.41, 5.74) is 0.340. The third kappa shape index (κ3) is 2.79. The van der Waals surface area contributed by atoms with Gasteiger partial charge < -0.3 is 5.32 Å². The Morgan fingerprint density at radius 3 is 2.50 bits per heavy atom. The lowest BCUT2D eigenvalue weighted by Gasteiger charge is -2.13. The molecule has 0 bridgehead atoms. The van der Waals surface area contributed by atoms with Gasteiger partial charge in [0, 0.05) is 20.6 Å². The van der Waals surface area contributed by atoms with E-state index in [4.69, 9.17) is 0 Å². The van der Waals surface area contributed by atoms with Gasteiger partial charge in [0.25, 0.3) is 5.56 Å². The van der Waals surface area contributed by atoms with Crippen molar-refractivity contribution in [2.24, 2.45) is 14.1 Å². The van der Waals surface area contributed by atoms with E-state index in [-0.39, 0.29) is 11.7 Å². The summed E-state index contributed by atoms with van der Waals surface area (Å²) in [6.07, 6.45) is 0. The van der Waals surface area contributed by atoms with Gasteiger partial charge in [0.1, 0.15) is 0 Å². The standard InChI is InChI=1S/C14H18N4O2/c1-10(11-7-5-4-6-8-11)9-15-12-13(19)17(2)14(20)18(3)16-12/h4-8,10H,9H2,1-3H3,(H,15,16). The quantitative estimate of drug-likeness (QED) is 0.891. The van der Waals surface area contributed by atoms with Gasteiger partial charge in [0.15, 0.2) is 0 Å². The van der Waals surface area contributed by atoms with E-state index in [9.17, 15) is 9.59 Å². The fourth-order valence-electron chi connectivity index (χ4n) is 1.96. The van der Waals surface area contributed by atoms with Crippen LogP contribution >= 0.6 is 0 Å². The molecule has 106 valence electrons. The monoisotopic (exact) mass is 274 g/mol. The highest BCUT2D eigenvalue weighted by Crippen LogP contribution is 2.14. The van der Waals surface area contributed by atoms with E-state index < -0.39 is 11.2 Å². The normalized spacial score (nSPS) is 12.2. The highest BCUT2D eigenvalue weighted by Gasteiger charge is 2.10. The zero-order chi connectivity index (χ0) is 14.7. The molecule has 0 spiro atoms. The van der Waals surface area contributed by atoms with E-state index >= 15 is 0 Å². The minimum absolute atomic E-state index is 0.192. The summed E-state index contributed by atoms with van der Waals surface area (Å²) in [7, 11) is 2.96. The summed E-state index contributed by atoms with van der Waals surface area (Å²) in [6.45, 7) is 2.64. The molecule has 6 heteroatoms. The van der Waals surface area contributed by atoms with Crippen LogP contribution in [0.5, 0.6) is 0 Å². The molecule has 1 aromatic carbocycles. The molecule has 1 aromatic heterocycles. The second kappa shape index (κ2) is 5.73. The number of aryl methyl sites for hydroxylation is 1. The van der Waals surface area contributed by atoms with Gasteiger partial charge >= 0.3 is 5.69 Å². The molecule has 0 aliphatic rings. The average Bonchev–Trinajstić information content (AvgIpc) is 2.48. The van der Waals surface area contributed by atoms with Gasteiger partial charge in [-0.2, -0.15) is 0 Å². The molecule has 0 aliphatic heterocycles. The van der Waals surface area contributed by atoms with Crippen molar-refractivity contribution < 1.29 is 0 Å². The number of nitrogens with zero attached hydrogens (tertiary/aromatic N) is 3. The number of benzene rings is 1. The van der Waals surface area contributed by atoms with Crippen LogP contribution in [0.2, 0.25) is 0 Å². The van der Waals surface area contributed by atoms with Gasteiger partial charge in [-0.3, -0.25) is 9.36 Å². The highest BCUT2D eigenvalue weighted by molar-refractivity contribution is 5.31. The van der Waals surface area contributed by atoms with Crippen molar-refractivity contribution in [1.82, 2.24) is 14.3 Å². The van der Waals surface area contributed by atoms with E-state index in [1.165, 1.54) is 19.7 Å². The maximum absolute atomic E-state index is 11.9. The smallest absolute Gasteiger partial charge is 0.346 e. The summed E-state index contributed by atoms with van der Waals surface area (Å²) in [5.74, 6) is 0.428. The topological polar surface area (TPSA) is 68.9 Å². The number of aromatic nitrogens is 3. The van der Waals surface area contributed by atoms with Crippen LogP contribution in [0.3, 0.4) is 0 Å². The van der Waals surface area contributed by atoms with Crippen molar-refractivity contribution in [2.45, 2.75) is 12.8 Å². The molecule has 1 heterocycles. The molecular weight excluding hydrogens is 256 g/mol. The maximum atomic E-state index is 11.9. The molecule has 2 rings (SSSR count). The summed E-state index contributed by atoms with van der Waals surface area (Å²) in [6, 6.07) is 10.0. The number of rotatable bonds is 4. The fraction of sp³-hybridized carbons (Fsp3) is 0.357. The SMILES string of the molecule is CC(CNc1nn(C)c(=O)n(C)c1=O)c1ccccc1. The van der Waals surface area contributed by atoms with Crippen LogP contribution in [-0.4, -0.2) is 20.9 Å². The van der Waals surface area contributed by atoms with Crippen molar-refractivity contribution in [3.05, 3.63) is 56.7 Å². The van der Waals surface area contributed by atoms with E-state index in [0.717, 1.165) is 9.25 Å². The molecule has 0 amide bonds. The van der Waals surface area contributed by atoms with Crippen molar-refractivity contribution in [3.63, 3.8) is 0 Å². The molecule has 0 saturated carbocycles. The lowest BCUT2D eigenvalue weighted by atomic mass is 10.0. The van der Waals surface area contributed by atoms with Crippen LogP contribution in [0.25, 0.3) is 0 Å². The van der Waals surface area contributed by atoms with E-state index in [2.05, 4.69) is 17.3 Å². The predicted molar refractivity (Wildman–Crippen MR) is 78.1 cm³/mol. The lowest BCUT2D eigenvalue weighted by Crippen LogP contribution is -2.40. The molecule has 0 radical (unpaired) electrons. The van der Waals surface area contributed by atoms with Gasteiger partial charge in [-0.1, -0.05) is 37.3 Å². The van der Waals surface area contributed by atoms with Crippen molar-refractivity contribution >= 4 is 5.82 Å². The van der Waals surface area contributed by atoms with Crippen LogP contribution < -0.4 is 16.6 Å². The molecule has 0 saturated heterocycles. The Morgan fingerprint density at radius 2 is 1.85 bits per heavy atom. The minimum atomic E-state index is -0.434. The molecule has 0 aliphatic carbocycles. The number of hydrogen-bond acceptors (Lipinski definition) is 4. The van der Waals surface area contributed by atoms with Crippen LogP contribution in [0, 0.1) is 0 Å². The van der Waals surface area contributed by atoms with Gasteiger partial charge in [0.2, 0.25) is 5.82 Å². The summed E-state index contributed by atoms with van der Waals surface area (Å²) < 4.78 is 2.19. The Bertz CT molecular complexity index is 703. The van der Waals surface area contributed by atoms with Crippen LogP contribution in [0.15, 0.2) is 39.9 Å². The van der Waals surface area contributed by atoms with Crippen LogP contribution in [0.4, 0.5) is 5.82 Å². The van der Waals surface area contributed by atoms with E-state index in [0.29, 0.717) is 6.54 Å². The van der Waals surface area contributed by atoms with Gasteiger partial charge in [-0.15, -0.1) is 5.10 Å². The Balaban J connectivity index is 2.16. The summed E-state index contributed by atoms with van der Waals surface area (Å²) in [4.78, 5) is 23.5. The molecule has 1 N–H and O–H groups in total. The zero-order valence-corrected chi connectivity index (χ0v) is 11.8. The largest absolute Gasteiger partial charge is 0.363 e. The first-order valence-corrected chi connectivity index (χ1v) is 6.44. The lowest BCUT2D eigenvalue weighted by molar-refractivity contribution is 0.602. The number of anilines is 1. The number of hydrogen-bond donors (Lipinski definition) is 1. The zero-order valence-electron chi connectivity index (χ0n) is 11.8. The minimum Gasteiger partial charge on any atom is -0.363 e. The van der Waals surface area contributed by atoms with Crippen molar-refractivity contribution in [3.8, 4) is 0 Å². The highest BCUT2D eigenvalue weighted by atomic mass is 16.2. The third-order valence-corrected chi connectivity index (χ3v) is 3.27. The second-order valence-corrected chi connectivity index (χ2v) is 4.81. The molecule has 1 unspecified atom stereocenters. The maximum Gasteiger partial charge on any atom is 0.346 e. The predicted octanol–water partition coefficient (Wildman–Crippen LogP) is 0.695. The molecule has 20 heavy (non-hydrogen) atoms. The molecule has 2 aromatic rings. The van der Waals surface area contributed by atoms with E-state index in [1.54, 1.807) is 0 Å². The Labute approximate surface area is 116 Å². The van der Waals surface area contributed by atoms with Crippen molar-refractivity contribution in [1.29, 1.82) is 0 Å². The Hall–Kier alpha value is -2.37. The van der Waals surface area contributed by atoms with Crippen LogP contribution in [0.1, 0.15) is 18.4 Å². The molecule has 6 nitrogen and oxygen atoms in total. The Morgan fingerprint density at radius 1 is 1.20 bits per heavy atom. The fourth-order valence-corrected chi connectivity index (χ4v) is 1.96. The molecule has 1 atom stereocenters. The first-order chi connectivity index (χ1) is 9.50. The van der Waals surface area contributed by atoms with Gasteiger partial charge in [-0.25, -0.2) is 9.48 Å². The first kappa shape index (κ1) is 14.0. The van der Waals surface area contributed by atoms with Gasteiger partial charge in [-0.05, 0) is 11.5 Å². The van der Waals surface area contributed by atoms with Crippen LogP contribution in [-0.2, 0) is 14.1 Å². The average molecular weight is 274 g/mol. The first-order valence-electron chi connectivity index (χ1n) is 6.44.